The summed E-state index contributed by atoms with van der Waals surface area (Å²) in [5.74, 6) is 1.93. The molecular weight excluding hydrogens is 214 g/mol. The highest BCUT2D eigenvalue weighted by molar-refractivity contribution is 5.91. The van der Waals surface area contributed by atoms with Crippen molar-refractivity contribution in [1.29, 1.82) is 0 Å². The van der Waals surface area contributed by atoms with E-state index >= 15 is 0 Å². The molecule has 1 N–H and O–H groups in total. The van der Waals surface area contributed by atoms with Crippen LogP contribution in [0.1, 0.15) is 25.6 Å². The Morgan fingerprint density at radius 2 is 2.06 bits per heavy atom. The van der Waals surface area contributed by atoms with Crippen molar-refractivity contribution in [3.8, 4) is 11.4 Å². The number of nitrogens with zero attached hydrogens (tertiary/aromatic N) is 2. The van der Waals surface area contributed by atoms with Crippen molar-refractivity contribution in [3.63, 3.8) is 0 Å². The molecule has 0 saturated carbocycles. The molecule has 0 unspecified atom stereocenters. The lowest BCUT2D eigenvalue weighted by atomic mass is 10.1. The Labute approximate surface area is 98.7 Å². The molecule has 3 aromatic rings. The third-order valence-electron chi connectivity index (χ3n) is 2.77. The van der Waals surface area contributed by atoms with Gasteiger partial charge in [0.15, 0.2) is 5.82 Å². The Hall–Kier alpha value is -2.10. The quantitative estimate of drug-likeness (QED) is 0.730. The van der Waals surface area contributed by atoms with Crippen LogP contribution in [0.15, 0.2) is 34.9 Å². The molecule has 0 aliphatic carbocycles. The van der Waals surface area contributed by atoms with Crippen LogP contribution in [0.5, 0.6) is 0 Å². The van der Waals surface area contributed by atoms with Crippen molar-refractivity contribution in [2.45, 2.75) is 19.8 Å². The molecule has 17 heavy (non-hydrogen) atoms. The molecule has 0 amide bonds. The minimum absolute atomic E-state index is 0.342. The Kier molecular flexibility index (Phi) is 2.21. The first-order valence-corrected chi connectivity index (χ1v) is 5.64. The number of H-pyrrole nitrogens is 1. The Bertz CT molecular complexity index is 651. The first kappa shape index (κ1) is 10.1. The van der Waals surface area contributed by atoms with Crippen LogP contribution in [-0.4, -0.2) is 15.2 Å². The van der Waals surface area contributed by atoms with Gasteiger partial charge in [-0.2, -0.15) is 5.10 Å². The van der Waals surface area contributed by atoms with Gasteiger partial charge >= 0.3 is 0 Å². The average Bonchev–Trinajstić information content (AvgIpc) is 2.95. The maximum atomic E-state index is 5.48. The van der Waals surface area contributed by atoms with Crippen LogP contribution in [0.4, 0.5) is 0 Å². The average molecular weight is 227 g/mol. The lowest BCUT2D eigenvalue weighted by molar-refractivity contribution is 0.616. The molecule has 0 atom stereocenters. The highest BCUT2D eigenvalue weighted by atomic mass is 16.3. The van der Waals surface area contributed by atoms with Gasteiger partial charge in [-0.25, -0.2) is 4.98 Å². The van der Waals surface area contributed by atoms with E-state index in [1.165, 1.54) is 0 Å². The van der Waals surface area contributed by atoms with E-state index in [0.717, 1.165) is 22.4 Å². The highest BCUT2D eigenvalue weighted by Crippen LogP contribution is 2.28. The summed E-state index contributed by atoms with van der Waals surface area (Å²) in [7, 11) is 0. The molecule has 2 aromatic heterocycles. The van der Waals surface area contributed by atoms with Gasteiger partial charge in [0, 0.05) is 11.3 Å². The molecule has 86 valence electrons. The molecule has 0 aliphatic rings. The summed E-state index contributed by atoms with van der Waals surface area (Å²) >= 11 is 0. The molecule has 1 aromatic carbocycles. The van der Waals surface area contributed by atoms with Gasteiger partial charge in [0.25, 0.3) is 0 Å². The van der Waals surface area contributed by atoms with Crippen LogP contribution >= 0.6 is 0 Å². The summed E-state index contributed by atoms with van der Waals surface area (Å²) in [5.41, 5.74) is 1.79. The summed E-state index contributed by atoms with van der Waals surface area (Å²) in [4.78, 5) is 4.48. The normalized spacial score (nSPS) is 11.5. The maximum absolute atomic E-state index is 5.48. The Morgan fingerprint density at radius 3 is 2.82 bits per heavy atom. The third kappa shape index (κ3) is 1.62. The zero-order valence-corrected chi connectivity index (χ0v) is 9.77. The van der Waals surface area contributed by atoms with Crippen molar-refractivity contribution in [1.82, 2.24) is 15.2 Å². The second-order valence-electron chi connectivity index (χ2n) is 4.34. The fourth-order valence-electron chi connectivity index (χ4n) is 1.80. The van der Waals surface area contributed by atoms with E-state index in [2.05, 4.69) is 29.0 Å². The number of aromatic amines is 1. The van der Waals surface area contributed by atoms with Crippen molar-refractivity contribution >= 4 is 11.0 Å². The topological polar surface area (TPSA) is 54.7 Å². The van der Waals surface area contributed by atoms with E-state index in [9.17, 15) is 0 Å². The van der Waals surface area contributed by atoms with Crippen LogP contribution < -0.4 is 0 Å². The highest BCUT2D eigenvalue weighted by Gasteiger charge is 2.13. The van der Waals surface area contributed by atoms with Crippen LogP contribution in [0.2, 0.25) is 0 Å². The summed E-state index contributed by atoms with van der Waals surface area (Å²) in [6, 6.07) is 7.89. The van der Waals surface area contributed by atoms with Crippen molar-refractivity contribution in [2.75, 3.05) is 0 Å². The SMILES string of the molecule is CC(C)c1nc(-c2coc3ccccc23)n[nH]1. The zero-order chi connectivity index (χ0) is 11.8. The zero-order valence-electron chi connectivity index (χ0n) is 9.77. The molecule has 0 fully saturated rings. The van der Waals surface area contributed by atoms with Crippen LogP contribution in [0.25, 0.3) is 22.4 Å². The Morgan fingerprint density at radius 1 is 1.24 bits per heavy atom. The fraction of sp³-hybridized carbons (Fsp3) is 0.231. The number of rotatable bonds is 2. The number of aromatic nitrogens is 3. The number of fused-ring (bicyclic) bond motifs is 1. The van der Waals surface area contributed by atoms with E-state index in [1.54, 1.807) is 6.26 Å². The van der Waals surface area contributed by atoms with E-state index < -0.39 is 0 Å². The standard InChI is InChI=1S/C13H13N3O/c1-8(2)12-14-13(16-15-12)10-7-17-11-6-4-3-5-9(10)11/h3-8H,1-2H3,(H,14,15,16). The van der Waals surface area contributed by atoms with E-state index in [4.69, 9.17) is 4.42 Å². The van der Waals surface area contributed by atoms with Gasteiger partial charge in [0.2, 0.25) is 0 Å². The number of hydrogen-bond donors (Lipinski definition) is 1. The molecule has 0 radical (unpaired) electrons. The molecular formula is C13H13N3O. The molecule has 4 nitrogen and oxygen atoms in total. The van der Waals surface area contributed by atoms with Gasteiger partial charge in [-0.1, -0.05) is 32.0 Å². The Balaban J connectivity index is 2.14. The summed E-state index contributed by atoms with van der Waals surface area (Å²) in [5, 5.41) is 8.23. The molecule has 0 bridgehead atoms. The predicted molar refractivity (Wildman–Crippen MR) is 65.7 cm³/mol. The molecule has 3 rings (SSSR count). The van der Waals surface area contributed by atoms with E-state index in [1.807, 2.05) is 24.3 Å². The minimum Gasteiger partial charge on any atom is -0.464 e. The summed E-state index contributed by atoms with van der Waals surface area (Å²) < 4.78 is 5.48. The summed E-state index contributed by atoms with van der Waals surface area (Å²) in [6.07, 6.45) is 1.71. The number of nitrogens with one attached hydrogen (secondary N) is 1. The predicted octanol–water partition coefficient (Wildman–Crippen LogP) is 3.34. The lowest BCUT2D eigenvalue weighted by Crippen LogP contribution is -1.89. The van der Waals surface area contributed by atoms with Gasteiger partial charge in [-0.05, 0) is 6.07 Å². The fourth-order valence-corrected chi connectivity index (χ4v) is 1.80. The van der Waals surface area contributed by atoms with Crippen molar-refractivity contribution in [2.24, 2.45) is 0 Å². The first-order chi connectivity index (χ1) is 8.25. The number of para-hydroxylation sites is 1. The van der Waals surface area contributed by atoms with Crippen LogP contribution in [0, 0.1) is 0 Å². The third-order valence-corrected chi connectivity index (χ3v) is 2.77. The minimum atomic E-state index is 0.342. The lowest BCUT2D eigenvalue weighted by Gasteiger charge is -1.95. The second-order valence-corrected chi connectivity index (χ2v) is 4.34. The van der Waals surface area contributed by atoms with Gasteiger partial charge in [-0.3, -0.25) is 5.10 Å². The van der Waals surface area contributed by atoms with Gasteiger partial charge in [0.1, 0.15) is 17.7 Å². The van der Waals surface area contributed by atoms with Gasteiger partial charge in [0.05, 0.1) is 5.56 Å². The number of hydrogen-bond acceptors (Lipinski definition) is 3. The molecule has 0 aliphatic heterocycles. The number of furan rings is 1. The maximum Gasteiger partial charge on any atom is 0.185 e. The van der Waals surface area contributed by atoms with Gasteiger partial charge in [-0.15, -0.1) is 0 Å². The molecule has 0 saturated heterocycles. The molecule has 4 heteroatoms. The van der Waals surface area contributed by atoms with Crippen molar-refractivity contribution in [3.05, 3.63) is 36.4 Å². The number of benzene rings is 1. The summed E-state index contributed by atoms with van der Waals surface area (Å²) in [6.45, 7) is 4.16. The smallest absolute Gasteiger partial charge is 0.185 e. The van der Waals surface area contributed by atoms with Crippen LogP contribution in [-0.2, 0) is 0 Å². The van der Waals surface area contributed by atoms with E-state index in [-0.39, 0.29) is 0 Å². The van der Waals surface area contributed by atoms with Crippen LogP contribution in [0.3, 0.4) is 0 Å². The largest absolute Gasteiger partial charge is 0.464 e. The molecule has 0 spiro atoms. The van der Waals surface area contributed by atoms with E-state index in [0.29, 0.717) is 11.7 Å². The molecule has 2 heterocycles. The first-order valence-electron chi connectivity index (χ1n) is 5.64. The second kappa shape index (κ2) is 3.73. The van der Waals surface area contributed by atoms with Gasteiger partial charge < -0.3 is 4.42 Å². The van der Waals surface area contributed by atoms with Crippen molar-refractivity contribution < 1.29 is 4.42 Å². The monoisotopic (exact) mass is 227 g/mol.